The van der Waals surface area contributed by atoms with E-state index in [1.807, 2.05) is 0 Å². The minimum Gasteiger partial charge on any atom is -0.411 e. The Balaban J connectivity index is 2.14. The maximum Gasteiger partial charge on any atom is 0.315 e. The predicted molar refractivity (Wildman–Crippen MR) is 39.1 cm³/mol. The summed E-state index contributed by atoms with van der Waals surface area (Å²) < 4.78 is 4.80. The Labute approximate surface area is 64.4 Å². The fraction of sp³-hybridized carbons (Fsp3) is 0.667. The van der Waals surface area contributed by atoms with Crippen molar-refractivity contribution in [3.8, 4) is 0 Å². The van der Waals surface area contributed by atoms with Crippen LogP contribution >= 0.6 is 0 Å². The van der Waals surface area contributed by atoms with E-state index in [0.717, 1.165) is 0 Å². The van der Waals surface area contributed by atoms with Gasteiger partial charge in [0, 0.05) is 6.54 Å². The van der Waals surface area contributed by atoms with E-state index in [4.69, 9.17) is 9.52 Å². The van der Waals surface area contributed by atoms with E-state index >= 15 is 0 Å². The van der Waals surface area contributed by atoms with Gasteiger partial charge in [0.25, 0.3) is 0 Å². The molecule has 0 amide bonds. The summed E-state index contributed by atoms with van der Waals surface area (Å²) in [4.78, 5) is 0. The number of aliphatic hydroxyl groups excluding tert-OH is 1. The van der Waals surface area contributed by atoms with Gasteiger partial charge in [-0.05, 0) is 13.3 Å². The molecule has 0 saturated heterocycles. The highest BCUT2D eigenvalue weighted by atomic mass is 16.4. The first-order chi connectivity index (χ1) is 5.29. The molecule has 0 radical (unpaired) electrons. The third-order valence-electron chi connectivity index (χ3n) is 1.20. The number of aliphatic hydroxyl groups is 1. The fourth-order valence-corrected chi connectivity index (χ4v) is 0.638. The van der Waals surface area contributed by atoms with Crippen LogP contribution in [0, 0.1) is 0 Å². The van der Waals surface area contributed by atoms with Crippen molar-refractivity contribution < 1.29 is 9.52 Å². The molecular weight excluding hydrogens is 146 g/mol. The van der Waals surface area contributed by atoms with Crippen molar-refractivity contribution in [3.05, 3.63) is 6.39 Å². The summed E-state index contributed by atoms with van der Waals surface area (Å²) in [6.07, 6.45) is 1.62. The van der Waals surface area contributed by atoms with E-state index in [-0.39, 0.29) is 6.10 Å². The van der Waals surface area contributed by atoms with E-state index in [1.165, 1.54) is 6.39 Å². The standard InChI is InChI=1S/C6H11N3O2/c1-5(10)2-3-7-6-9-8-4-11-6/h4-5,10H,2-3H2,1H3,(H,7,9). The van der Waals surface area contributed by atoms with Gasteiger partial charge in [-0.1, -0.05) is 5.10 Å². The van der Waals surface area contributed by atoms with E-state index in [0.29, 0.717) is 19.0 Å². The zero-order valence-corrected chi connectivity index (χ0v) is 6.32. The van der Waals surface area contributed by atoms with Crippen LogP contribution in [0.25, 0.3) is 0 Å². The minimum absolute atomic E-state index is 0.301. The van der Waals surface area contributed by atoms with Crippen molar-refractivity contribution >= 4 is 6.01 Å². The van der Waals surface area contributed by atoms with Gasteiger partial charge in [-0.25, -0.2) is 0 Å². The molecule has 0 aliphatic rings. The average molecular weight is 157 g/mol. The smallest absolute Gasteiger partial charge is 0.315 e. The monoisotopic (exact) mass is 157 g/mol. The van der Waals surface area contributed by atoms with Crippen molar-refractivity contribution in [2.45, 2.75) is 19.4 Å². The molecule has 0 bridgehead atoms. The number of nitrogens with zero attached hydrogens (tertiary/aromatic N) is 2. The quantitative estimate of drug-likeness (QED) is 0.655. The molecule has 1 atom stereocenters. The summed E-state index contributed by atoms with van der Waals surface area (Å²) in [5, 5.41) is 18.8. The van der Waals surface area contributed by atoms with Crippen molar-refractivity contribution in [2.75, 3.05) is 11.9 Å². The number of nitrogens with one attached hydrogen (secondary N) is 1. The fourth-order valence-electron chi connectivity index (χ4n) is 0.638. The van der Waals surface area contributed by atoms with Crippen molar-refractivity contribution in [3.63, 3.8) is 0 Å². The Morgan fingerprint density at radius 2 is 2.64 bits per heavy atom. The van der Waals surface area contributed by atoms with Gasteiger partial charge in [-0.15, -0.1) is 5.10 Å². The molecule has 62 valence electrons. The zero-order valence-electron chi connectivity index (χ0n) is 6.32. The molecule has 1 aromatic rings. The molecule has 5 heteroatoms. The van der Waals surface area contributed by atoms with Crippen LogP contribution < -0.4 is 5.32 Å². The minimum atomic E-state index is -0.301. The van der Waals surface area contributed by atoms with Gasteiger partial charge in [-0.3, -0.25) is 0 Å². The molecule has 0 spiro atoms. The first-order valence-electron chi connectivity index (χ1n) is 3.47. The summed E-state index contributed by atoms with van der Waals surface area (Å²) >= 11 is 0. The SMILES string of the molecule is CC(O)CCNc1nnco1. The Morgan fingerprint density at radius 1 is 1.82 bits per heavy atom. The lowest BCUT2D eigenvalue weighted by atomic mass is 10.3. The highest BCUT2D eigenvalue weighted by molar-refractivity contribution is 5.14. The van der Waals surface area contributed by atoms with Crippen LogP contribution in [0.5, 0.6) is 0 Å². The van der Waals surface area contributed by atoms with Gasteiger partial charge < -0.3 is 14.8 Å². The van der Waals surface area contributed by atoms with Gasteiger partial charge in [0.15, 0.2) is 0 Å². The molecule has 2 N–H and O–H groups in total. The van der Waals surface area contributed by atoms with Crippen molar-refractivity contribution in [2.24, 2.45) is 0 Å². The predicted octanol–water partition coefficient (Wildman–Crippen LogP) is 0.252. The van der Waals surface area contributed by atoms with Crippen molar-refractivity contribution in [1.82, 2.24) is 10.2 Å². The van der Waals surface area contributed by atoms with Crippen LogP contribution in [0.3, 0.4) is 0 Å². The second-order valence-electron chi connectivity index (χ2n) is 2.31. The second-order valence-corrected chi connectivity index (χ2v) is 2.31. The van der Waals surface area contributed by atoms with Crippen molar-refractivity contribution in [1.29, 1.82) is 0 Å². The van der Waals surface area contributed by atoms with Gasteiger partial charge in [-0.2, -0.15) is 0 Å². The molecule has 1 unspecified atom stereocenters. The van der Waals surface area contributed by atoms with E-state index in [2.05, 4.69) is 15.5 Å². The van der Waals surface area contributed by atoms with E-state index in [9.17, 15) is 0 Å². The summed E-state index contributed by atoms with van der Waals surface area (Å²) in [5.41, 5.74) is 0. The maximum atomic E-state index is 8.87. The molecule has 1 heterocycles. The average Bonchev–Trinajstić information content (AvgIpc) is 2.39. The molecular formula is C6H11N3O2. The largest absolute Gasteiger partial charge is 0.411 e. The molecule has 11 heavy (non-hydrogen) atoms. The highest BCUT2D eigenvalue weighted by Crippen LogP contribution is 1.98. The molecule has 0 aliphatic heterocycles. The number of hydrogen-bond acceptors (Lipinski definition) is 5. The Hall–Kier alpha value is -1.10. The molecule has 5 nitrogen and oxygen atoms in total. The molecule has 0 saturated carbocycles. The lowest BCUT2D eigenvalue weighted by Gasteiger charge is -2.02. The highest BCUT2D eigenvalue weighted by Gasteiger charge is 1.97. The number of anilines is 1. The van der Waals surface area contributed by atoms with Crippen LogP contribution in [0.2, 0.25) is 0 Å². The van der Waals surface area contributed by atoms with E-state index < -0.39 is 0 Å². The third-order valence-corrected chi connectivity index (χ3v) is 1.20. The first-order valence-corrected chi connectivity index (χ1v) is 3.47. The Kier molecular flexibility index (Phi) is 2.85. The molecule has 0 aliphatic carbocycles. The van der Waals surface area contributed by atoms with Crippen LogP contribution in [0.4, 0.5) is 6.01 Å². The van der Waals surface area contributed by atoms with Gasteiger partial charge >= 0.3 is 6.01 Å². The van der Waals surface area contributed by atoms with Gasteiger partial charge in [0.05, 0.1) is 6.10 Å². The zero-order chi connectivity index (χ0) is 8.10. The lowest BCUT2D eigenvalue weighted by Crippen LogP contribution is -2.09. The molecule has 0 aromatic carbocycles. The summed E-state index contributed by atoms with van der Waals surface area (Å²) in [7, 11) is 0. The second kappa shape index (κ2) is 3.92. The summed E-state index contributed by atoms with van der Waals surface area (Å²) in [6.45, 7) is 2.37. The maximum absolute atomic E-state index is 8.87. The molecule has 1 rings (SSSR count). The van der Waals surface area contributed by atoms with E-state index in [1.54, 1.807) is 6.92 Å². The molecule has 0 fully saturated rings. The molecule has 1 aromatic heterocycles. The topological polar surface area (TPSA) is 71.2 Å². The van der Waals surface area contributed by atoms with Gasteiger partial charge in [0.1, 0.15) is 0 Å². The summed E-state index contributed by atoms with van der Waals surface area (Å²) in [5.74, 6) is 0. The first kappa shape index (κ1) is 8.00. The van der Waals surface area contributed by atoms with Crippen LogP contribution in [0.15, 0.2) is 10.8 Å². The number of hydrogen-bond donors (Lipinski definition) is 2. The lowest BCUT2D eigenvalue weighted by molar-refractivity contribution is 0.188. The van der Waals surface area contributed by atoms with Gasteiger partial charge in [0.2, 0.25) is 6.39 Å². The third kappa shape index (κ3) is 2.99. The summed E-state index contributed by atoms with van der Waals surface area (Å²) in [6, 6.07) is 0.394. The number of rotatable bonds is 4. The Bertz CT molecular complexity index is 186. The Morgan fingerprint density at radius 3 is 3.18 bits per heavy atom. The van der Waals surface area contributed by atoms with Crippen LogP contribution in [-0.4, -0.2) is 28.0 Å². The number of aromatic nitrogens is 2. The van der Waals surface area contributed by atoms with Crippen LogP contribution in [-0.2, 0) is 0 Å². The normalized spacial score (nSPS) is 12.9. The van der Waals surface area contributed by atoms with Crippen LogP contribution in [0.1, 0.15) is 13.3 Å².